The van der Waals surface area contributed by atoms with Gasteiger partial charge in [0.25, 0.3) is 5.91 Å². The molecule has 0 aliphatic heterocycles. The van der Waals surface area contributed by atoms with Crippen LogP contribution < -0.4 is 10.6 Å². The number of carbonyl (C=O) groups excluding carboxylic acids is 1. The molecule has 0 aromatic carbocycles. The maximum atomic E-state index is 12.0. The van der Waals surface area contributed by atoms with E-state index in [0.717, 1.165) is 0 Å². The van der Waals surface area contributed by atoms with Crippen molar-refractivity contribution < 1.29 is 4.79 Å². The van der Waals surface area contributed by atoms with Crippen LogP contribution in [0.1, 0.15) is 49.9 Å². The Morgan fingerprint density at radius 2 is 1.94 bits per heavy atom. The van der Waals surface area contributed by atoms with Crippen LogP contribution in [0.2, 0.25) is 0 Å². The predicted molar refractivity (Wildman–Crippen MR) is 68.3 cm³/mol. The Bertz CT molecular complexity index is 401. The summed E-state index contributed by atoms with van der Waals surface area (Å²) >= 11 is 0. The van der Waals surface area contributed by atoms with E-state index in [2.05, 4.69) is 20.6 Å². The lowest BCUT2D eigenvalue weighted by atomic mass is 10.2. The number of amides is 1. The number of nitrogens with one attached hydrogen (secondary N) is 2. The zero-order valence-corrected chi connectivity index (χ0v) is 11.0. The first-order valence-electron chi connectivity index (χ1n) is 5.81. The van der Waals surface area contributed by atoms with Gasteiger partial charge in [-0.2, -0.15) is 0 Å². The number of anilines is 1. The molecule has 1 rings (SSSR count). The lowest BCUT2D eigenvalue weighted by Gasteiger charge is -2.13. The van der Waals surface area contributed by atoms with Crippen molar-refractivity contribution in [2.45, 2.75) is 39.7 Å². The Labute approximate surface area is 102 Å². The highest BCUT2D eigenvalue weighted by Crippen LogP contribution is 2.15. The summed E-state index contributed by atoms with van der Waals surface area (Å²) in [6.07, 6.45) is 1.65. The summed E-state index contributed by atoms with van der Waals surface area (Å²) in [5, 5.41) is 5.76. The zero-order valence-electron chi connectivity index (χ0n) is 11.0. The van der Waals surface area contributed by atoms with Crippen LogP contribution >= 0.6 is 0 Å². The standard InChI is InChI=1S/C12H20N4O/c1-7(2)11-14-6-9(13-5)10(16-11)12(17)15-8(3)4/h6-8,13H,1-5H3,(H,15,17). The molecular weight excluding hydrogens is 216 g/mol. The van der Waals surface area contributed by atoms with Crippen LogP contribution in [0.3, 0.4) is 0 Å². The van der Waals surface area contributed by atoms with Gasteiger partial charge in [-0.1, -0.05) is 13.8 Å². The summed E-state index contributed by atoms with van der Waals surface area (Å²) in [5.74, 6) is 0.707. The molecular formula is C12H20N4O. The summed E-state index contributed by atoms with van der Waals surface area (Å²) in [6, 6.07) is 0.0877. The third kappa shape index (κ3) is 3.41. The molecule has 0 saturated carbocycles. The number of hydrogen-bond donors (Lipinski definition) is 2. The van der Waals surface area contributed by atoms with Gasteiger partial charge in [-0.05, 0) is 13.8 Å². The Morgan fingerprint density at radius 1 is 1.29 bits per heavy atom. The number of rotatable bonds is 4. The minimum Gasteiger partial charge on any atom is -0.385 e. The summed E-state index contributed by atoms with van der Waals surface area (Å²) in [4.78, 5) is 20.5. The molecule has 0 radical (unpaired) electrons. The van der Waals surface area contributed by atoms with E-state index in [9.17, 15) is 4.79 Å². The molecule has 0 unspecified atom stereocenters. The van der Waals surface area contributed by atoms with Gasteiger partial charge in [0.15, 0.2) is 5.69 Å². The highest BCUT2D eigenvalue weighted by atomic mass is 16.1. The fourth-order valence-electron chi connectivity index (χ4n) is 1.36. The minimum absolute atomic E-state index is 0.0877. The van der Waals surface area contributed by atoms with E-state index in [1.807, 2.05) is 27.7 Å². The molecule has 0 atom stereocenters. The van der Waals surface area contributed by atoms with Crippen LogP contribution in [-0.4, -0.2) is 29.0 Å². The average Bonchev–Trinajstić information content (AvgIpc) is 2.27. The van der Waals surface area contributed by atoms with Gasteiger partial charge in [-0.25, -0.2) is 9.97 Å². The first-order chi connectivity index (χ1) is 7.95. The van der Waals surface area contributed by atoms with Crippen molar-refractivity contribution in [3.8, 4) is 0 Å². The number of nitrogens with zero attached hydrogens (tertiary/aromatic N) is 2. The first kappa shape index (κ1) is 13.4. The van der Waals surface area contributed by atoms with Gasteiger partial charge in [0.1, 0.15) is 5.82 Å². The van der Waals surface area contributed by atoms with Gasteiger partial charge < -0.3 is 10.6 Å². The summed E-state index contributed by atoms with van der Waals surface area (Å²) < 4.78 is 0. The van der Waals surface area contributed by atoms with Gasteiger partial charge in [0.05, 0.1) is 11.9 Å². The zero-order chi connectivity index (χ0) is 13.0. The van der Waals surface area contributed by atoms with Crippen LogP contribution in [0.5, 0.6) is 0 Å². The molecule has 1 aromatic heterocycles. The summed E-state index contributed by atoms with van der Waals surface area (Å²) in [6.45, 7) is 7.83. The second kappa shape index (κ2) is 5.61. The monoisotopic (exact) mass is 236 g/mol. The Hall–Kier alpha value is -1.65. The lowest BCUT2D eigenvalue weighted by Crippen LogP contribution is -2.31. The molecule has 5 heteroatoms. The maximum absolute atomic E-state index is 12.0. The number of carbonyl (C=O) groups is 1. The largest absolute Gasteiger partial charge is 0.385 e. The van der Waals surface area contributed by atoms with E-state index in [4.69, 9.17) is 0 Å². The predicted octanol–water partition coefficient (Wildman–Crippen LogP) is 1.78. The van der Waals surface area contributed by atoms with Crippen LogP contribution in [0.4, 0.5) is 5.69 Å². The molecule has 94 valence electrons. The van der Waals surface area contributed by atoms with E-state index in [1.165, 1.54) is 0 Å². The van der Waals surface area contributed by atoms with Crippen molar-refractivity contribution in [1.29, 1.82) is 0 Å². The fraction of sp³-hybridized carbons (Fsp3) is 0.583. The molecule has 0 bridgehead atoms. The molecule has 1 heterocycles. The minimum atomic E-state index is -0.173. The first-order valence-corrected chi connectivity index (χ1v) is 5.81. The molecule has 0 spiro atoms. The van der Waals surface area contributed by atoms with Gasteiger partial charge in [0.2, 0.25) is 0 Å². The van der Waals surface area contributed by atoms with E-state index in [-0.39, 0.29) is 17.9 Å². The molecule has 1 aromatic rings. The third-order valence-corrected chi connectivity index (χ3v) is 2.23. The van der Waals surface area contributed by atoms with Crippen molar-refractivity contribution in [2.24, 2.45) is 0 Å². The van der Waals surface area contributed by atoms with E-state index < -0.39 is 0 Å². The quantitative estimate of drug-likeness (QED) is 0.836. The highest BCUT2D eigenvalue weighted by molar-refractivity contribution is 5.97. The van der Waals surface area contributed by atoms with E-state index in [0.29, 0.717) is 17.2 Å². The smallest absolute Gasteiger partial charge is 0.272 e. The number of hydrogen-bond acceptors (Lipinski definition) is 4. The molecule has 0 fully saturated rings. The fourth-order valence-corrected chi connectivity index (χ4v) is 1.36. The molecule has 0 saturated heterocycles. The summed E-state index contributed by atoms with van der Waals surface area (Å²) in [7, 11) is 1.75. The van der Waals surface area contributed by atoms with Gasteiger partial charge >= 0.3 is 0 Å². The second-order valence-corrected chi connectivity index (χ2v) is 4.52. The molecule has 2 N–H and O–H groups in total. The highest BCUT2D eigenvalue weighted by Gasteiger charge is 2.16. The topological polar surface area (TPSA) is 66.9 Å². The normalized spacial score (nSPS) is 10.8. The second-order valence-electron chi connectivity index (χ2n) is 4.52. The number of aromatic nitrogens is 2. The van der Waals surface area contributed by atoms with Crippen molar-refractivity contribution in [2.75, 3.05) is 12.4 Å². The molecule has 5 nitrogen and oxygen atoms in total. The van der Waals surface area contributed by atoms with Crippen molar-refractivity contribution >= 4 is 11.6 Å². The summed E-state index contributed by atoms with van der Waals surface area (Å²) in [5.41, 5.74) is 1.05. The Balaban J connectivity index is 3.09. The Kier molecular flexibility index (Phi) is 4.43. The molecule has 1 amide bonds. The van der Waals surface area contributed by atoms with Crippen LogP contribution in [0, 0.1) is 0 Å². The Morgan fingerprint density at radius 3 is 2.41 bits per heavy atom. The van der Waals surface area contributed by atoms with Crippen molar-refractivity contribution in [3.05, 3.63) is 17.7 Å². The van der Waals surface area contributed by atoms with Gasteiger partial charge in [-0.15, -0.1) is 0 Å². The van der Waals surface area contributed by atoms with E-state index >= 15 is 0 Å². The van der Waals surface area contributed by atoms with E-state index in [1.54, 1.807) is 13.2 Å². The van der Waals surface area contributed by atoms with Crippen molar-refractivity contribution in [3.63, 3.8) is 0 Å². The van der Waals surface area contributed by atoms with Gasteiger partial charge in [0, 0.05) is 19.0 Å². The molecule has 0 aliphatic carbocycles. The van der Waals surface area contributed by atoms with Gasteiger partial charge in [-0.3, -0.25) is 4.79 Å². The SMILES string of the molecule is CNc1cnc(C(C)C)nc1C(=O)NC(C)C. The van der Waals surface area contributed by atoms with Crippen LogP contribution in [0.15, 0.2) is 6.20 Å². The third-order valence-electron chi connectivity index (χ3n) is 2.23. The molecule has 0 aliphatic rings. The van der Waals surface area contributed by atoms with Crippen LogP contribution in [0.25, 0.3) is 0 Å². The maximum Gasteiger partial charge on any atom is 0.272 e. The van der Waals surface area contributed by atoms with Crippen molar-refractivity contribution in [1.82, 2.24) is 15.3 Å². The van der Waals surface area contributed by atoms with Crippen LogP contribution in [-0.2, 0) is 0 Å². The lowest BCUT2D eigenvalue weighted by molar-refractivity contribution is 0.0938. The molecule has 17 heavy (non-hydrogen) atoms. The average molecular weight is 236 g/mol.